The normalized spacial score (nSPS) is 12.7. The van der Waals surface area contributed by atoms with Crippen molar-refractivity contribution in [2.75, 3.05) is 5.32 Å². The molecule has 0 bridgehead atoms. The number of carbonyl (C=O) groups is 2. The molecule has 0 aliphatic carbocycles. The van der Waals surface area contributed by atoms with E-state index in [2.05, 4.69) is 10.5 Å². The first-order chi connectivity index (χ1) is 17.7. The molecule has 3 aromatic rings. The van der Waals surface area contributed by atoms with E-state index in [1.165, 1.54) is 24.4 Å². The second-order valence-electron chi connectivity index (χ2n) is 8.15. The van der Waals surface area contributed by atoms with Crippen LogP contribution >= 0.6 is 0 Å². The molecule has 0 aromatic heterocycles. The first-order valence-corrected chi connectivity index (χ1v) is 10.9. The topological polar surface area (TPSA) is 70.6 Å². The molecular formula is C26H20F7N3O2. The van der Waals surface area contributed by atoms with Crippen LogP contribution in [0, 0.1) is 0 Å². The van der Waals surface area contributed by atoms with Gasteiger partial charge in [-0.2, -0.15) is 35.8 Å². The van der Waals surface area contributed by atoms with Crippen molar-refractivity contribution in [3.05, 3.63) is 90.0 Å². The van der Waals surface area contributed by atoms with Gasteiger partial charge in [0.05, 0.1) is 12.1 Å². The molecule has 5 nitrogen and oxygen atoms in total. The zero-order valence-corrected chi connectivity index (χ0v) is 19.6. The molecule has 0 saturated carbocycles. The molecule has 200 valence electrons. The Bertz CT molecular complexity index is 1310. The molecule has 3 rings (SSSR count). The number of carbonyl (C=O) groups excluding carboxylic acids is 2. The van der Waals surface area contributed by atoms with E-state index in [0.717, 1.165) is 28.8 Å². The SMILES string of the molecule is CC(=NNC(=O)Cc1ccc(-c2ccccc2)cc1)c1ccc(NC(=O)C(F)(F)C(F)(F)C(F)(F)F)cc1. The zero-order chi connectivity index (χ0) is 28.1. The summed E-state index contributed by atoms with van der Waals surface area (Å²) >= 11 is 0. The summed E-state index contributed by atoms with van der Waals surface area (Å²) in [6.45, 7) is 1.50. The number of nitrogens with one attached hydrogen (secondary N) is 2. The van der Waals surface area contributed by atoms with E-state index in [1.807, 2.05) is 42.5 Å². The first kappa shape index (κ1) is 28.4. The minimum absolute atomic E-state index is 0.0353. The number of hydrogen-bond donors (Lipinski definition) is 2. The standard InChI is InChI=1S/C26H20F7N3O2/c1-16(35-36-22(37)15-17-7-9-20(10-8-17)19-5-3-2-4-6-19)18-11-13-21(14-12-18)34-23(38)24(27,28)25(29,30)26(31,32)33/h2-14H,15H2,1H3,(H,34,38)(H,36,37). The van der Waals surface area contributed by atoms with Crippen molar-refractivity contribution in [2.45, 2.75) is 31.4 Å². The van der Waals surface area contributed by atoms with Crippen molar-refractivity contribution in [3.63, 3.8) is 0 Å². The van der Waals surface area contributed by atoms with Gasteiger partial charge in [-0.3, -0.25) is 9.59 Å². The molecule has 0 aliphatic heterocycles. The van der Waals surface area contributed by atoms with Crippen LogP contribution in [0.5, 0.6) is 0 Å². The third-order valence-electron chi connectivity index (χ3n) is 5.37. The van der Waals surface area contributed by atoms with Crippen LogP contribution in [-0.4, -0.2) is 35.5 Å². The number of halogens is 7. The van der Waals surface area contributed by atoms with Gasteiger partial charge in [-0.05, 0) is 41.3 Å². The minimum atomic E-state index is -6.62. The Morgan fingerprint density at radius 2 is 1.32 bits per heavy atom. The molecule has 12 heteroatoms. The predicted molar refractivity (Wildman–Crippen MR) is 127 cm³/mol. The second-order valence-corrected chi connectivity index (χ2v) is 8.15. The third-order valence-corrected chi connectivity index (χ3v) is 5.37. The van der Waals surface area contributed by atoms with E-state index in [-0.39, 0.29) is 12.1 Å². The predicted octanol–water partition coefficient (Wildman–Crippen LogP) is 6.21. The Morgan fingerprint density at radius 3 is 1.87 bits per heavy atom. The Kier molecular flexibility index (Phi) is 8.23. The summed E-state index contributed by atoms with van der Waals surface area (Å²) in [7, 11) is 0. The lowest BCUT2D eigenvalue weighted by molar-refractivity contribution is -0.343. The van der Waals surface area contributed by atoms with E-state index in [9.17, 15) is 40.3 Å². The van der Waals surface area contributed by atoms with E-state index in [4.69, 9.17) is 0 Å². The van der Waals surface area contributed by atoms with E-state index < -0.39 is 35.5 Å². The summed E-state index contributed by atoms with van der Waals surface area (Å²) in [4.78, 5) is 23.7. The fourth-order valence-electron chi connectivity index (χ4n) is 3.21. The lowest BCUT2D eigenvalue weighted by atomic mass is 10.0. The number of nitrogens with zero attached hydrogens (tertiary/aromatic N) is 1. The largest absolute Gasteiger partial charge is 0.460 e. The molecule has 0 atom stereocenters. The maximum atomic E-state index is 13.5. The first-order valence-electron chi connectivity index (χ1n) is 10.9. The van der Waals surface area contributed by atoms with Crippen LogP contribution in [0.2, 0.25) is 0 Å². The van der Waals surface area contributed by atoms with Crippen LogP contribution in [-0.2, 0) is 16.0 Å². The Hall–Kier alpha value is -4.22. The summed E-state index contributed by atoms with van der Waals surface area (Å²) in [5.74, 6) is -15.8. The highest BCUT2D eigenvalue weighted by atomic mass is 19.4. The van der Waals surface area contributed by atoms with Crippen LogP contribution in [0.25, 0.3) is 11.1 Å². The monoisotopic (exact) mass is 539 g/mol. The third kappa shape index (κ3) is 6.36. The number of benzene rings is 3. The fraction of sp³-hybridized carbons (Fsp3) is 0.192. The molecule has 0 spiro atoms. The number of rotatable bonds is 8. The van der Waals surface area contributed by atoms with Gasteiger partial charge in [0.15, 0.2) is 0 Å². The Morgan fingerprint density at radius 1 is 0.763 bits per heavy atom. The molecule has 38 heavy (non-hydrogen) atoms. The molecule has 0 saturated heterocycles. The average molecular weight is 539 g/mol. The number of alkyl halides is 7. The summed E-state index contributed by atoms with van der Waals surface area (Å²) in [5, 5.41) is 5.27. The van der Waals surface area contributed by atoms with Gasteiger partial charge in [0, 0.05) is 5.69 Å². The fourth-order valence-corrected chi connectivity index (χ4v) is 3.21. The molecule has 2 N–H and O–H groups in total. The van der Waals surface area contributed by atoms with Crippen molar-refractivity contribution < 1.29 is 40.3 Å². The Balaban J connectivity index is 1.58. The maximum Gasteiger partial charge on any atom is 0.460 e. The zero-order valence-electron chi connectivity index (χ0n) is 19.6. The van der Waals surface area contributed by atoms with Gasteiger partial charge in [-0.25, -0.2) is 5.43 Å². The van der Waals surface area contributed by atoms with Gasteiger partial charge in [0.25, 0.3) is 0 Å². The van der Waals surface area contributed by atoms with Gasteiger partial charge in [-0.1, -0.05) is 66.7 Å². The molecule has 0 radical (unpaired) electrons. The lowest BCUT2D eigenvalue weighted by Gasteiger charge is -2.27. The molecule has 3 aromatic carbocycles. The van der Waals surface area contributed by atoms with Crippen LogP contribution in [0.15, 0.2) is 84.0 Å². The Labute approximate surface area is 212 Å². The molecule has 0 unspecified atom stereocenters. The van der Waals surface area contributed by atoms with Crippen LogP contribution in [0.4, 0.5) is 36.4 Å². The van der Waals surface area contributed by atoms with Crippen LogP contribution < -0.4 is 10.7 Å². The van der Waals surface area contributed by atoms with Crippen molar-refractivity contribution in [1.82, 2.24) is 5.43 Å². The summed E-state index contributed by atoms with van der Waals surface area (Å²) in [5.41, 5.74) is 5.29. The average Bonchev–Trinajstić information content (AvgIpc) is 2.88. The summed E-state index contributed by atoms with van der Waals surface area (Å²) in [6.07, 6.45) is -6.59. The molecule has 0 aliphatic rings. The van der Waals surface area contributed by atoms with E-state index in [0.29, 0.717) is 5.56 Å². The number of amides is 2. The van der Waals surface area contributed by atoms with Crippen molar-refractivity contribution in [2.24, 2.45) is 5.10 Å². The smallest absolute Gasteiger partial charge is 0.321 e. The number of anilines is 1. The van der Waals surface area contributed by atoms with Crippen LogP contribution in [0.1, 0.15) is 18.1 Å². The highest BCUT2D eigenvalue weighted by Crippen LogP contribution is 2.46. The van der Waals surface area contributed by atoms with Crippen molar-refractivity contribution >= 4 is 23.2 Å². The number of hydrogen-bond acceptors (Lipinski definition) is 3. The van der Waals surface area contributed by atoms with E-state index >= 15 is 0 Å². The van der Waals surface area contributed by atoms with E-state index in [1.54, 1.807) is 12.1 Å². The van der Waals surface area contributed by atoms with Gasteiger partial charge < -0.3 is 5.32 Å². The second kappa shape index (κ2) is 11.0. The highest BCUT2D eigenvalue weighted by Gasteiger charge is 2.76. The molecule has 0 heterocycles. The number of hydrazone groups is 1. The quantitative estimate of drug-likeness (QED) is 0.203. The minimum Gasteiger partial charge on any atom is -0.321 e. The van der Waals surface area contributed by atoms with Crippen molar-refractivity contribution in [3.8, 4) is 11.1 Å². The van der Waals surface area contributed by atoms with Crippen molar-refractivity contribution in [1.29, 1.82) is 0 Å². The molecule has 0 fully saturated rings. The van der Waals surface area contributed by atoms with Crippen LogP contribution in [0.3, 0.4) is 0 Å². The lowest BCUT2D eigenvalue weighted by Crippen LogP contribution is -2.57. The molecule has 2 amide bonds. The maximum absolute atomic E-state index is 13.5. The molecular weight excluding hydrogens is 519 g/mol. The van der Waals surface area contributed by atoms with Gasteiger partial charge in [0.2, 0.25) is 5.91 Å². The van der Waals surface area contributed by atoms with Gasteiger partial charge >= 0.3 is 23.9 Å². The summed E-state index contributed by atoms with van der Waals surface area (Å²) in [6, 6.07) is 21.5. The highest BCUT2D eigenvalue weighted by molar-refractivity contribution is 6.01. The van der Waals surface area contributed by atoms with Gasteiger partial charge in [-0.15, -0.1) is 0 Å². The summed E-state index contributed by atoms with van der Waals surface area (Å²) < 4.78 is 89.7. The van der Waals surface area contributed by atoms with Gasteiger partial charge in [0.1, 0.15) is 0 Å².